The van der Waals surface area contributed by atoms with Gasteiger partial charge in [0.25, 0.3) is 5.91 Å². The van der Waals surface area contributed by atoms with E-state index in [2.05, 4.69) is 10.3 Å². The van der Waals surface area contributed by atoms with Gasteiger partial charge in [-0.1, -0.05) is 11.3 Å². The van der Waals surface area contributed by atoms with Gasteiger partial charge in [0, 0.05) is 28.4 Å². The summed E-state index contributed by atoms with van der Waals surface area (Å²) in [7, 11) is 1.51. The van der Waals surface area contributed by atoms with Crippen LogP contribution in [0.25, 0.3) is 0 Å². The topological polar surface area (TPSA) is 97.2 Å². The number of benzene rings is 1. The van der Waals surface area contributed by atoms with Crippen molar-refractivity contribution in [2.45, 2.75) is 6.54 Å². The summed E-state index contributed by atoms with van der Waals surface area (Å²) in [4.78, 5) is 25.4. The lowest BCUT2D eigenvalue weighted by molar-refractivity contribution is 0.0950. The van der Waals surface area contributed by atoms with Gasteiger partial charge in [-0.3, -0.25) is 9.59 Å². The number of aromatic nitrogens is 1. The summed E-state index contributed by atoms with van der Waals surface area (Å²) < 4.78 is 5.05. The molecule has 0 saturated carbocycles. The second kappa shape index (κ2) is 5.57. The molecule has 0 bridgehead atoms. The number of thiazole rings is 1. The minimum atomic E-state index is -0.280. The Kier molecular flexibility index (Phi) is 3.86. The Hall–Kier alpha value is -2.28. The van der Waals surface area contributed by atoms with Gasteiger partial charge in [0.05, 0.1) is 13.7 Å². The number of amides is 1. The number of rotatable bonds is 4. The molecule has 0 aliphatic carbocycles. The van der Waals surface area contributed by atoms with E-state index in [1.165, 1.54) is 7.11 Å². The van der Waals surface area contributed by atoms with Crippen molar-refractivity contribution < 1.29 is 9.53 Å². The van der Waals surface area contributed by atoms with Gasteiger partial charge >= 0.3 is 4.87 Å². The number of hydrogen-bond acceptors (Lipinski definition) is 5. The number of methoxy groups -OCH3 is 1. The summed E-state index contributed by atoms with van der Waals surface area (Å²) in [5.74, 6) is 0.242. The maximum absolute atomic E-state index is 11.9. The van der Waals surface area contributed by atoms with Gasteiger partial charge in [0.2, 0.25) is 0 Å². The fourth-order valence-corrected chi connectivity index (χ4v) is 2.13. The molecular formula is C12H13N3O3S. The van der Waals surface area contributed by atoms with Crippen molar-refractivity contribution in [1.29, 1.82) is 0 Å². The van der Waals surface area contributed by atoms with Crippen molar-refractivity contribution in [2.24, 2.45) is 0 Å². The highest BCUT2D eigenvalue weighted by molar-refractivity contribution is 7.07. The number of carbonyl (C=O) groups is 1. The zero-order valence-corrected chi connectivity index (χ0v) is 11.0. The Morgan fingerprint density at radius 3 is 2.89 bits per heavy atom. The van der Waals surface area contributed by atoms with Gasteiger partial charge in [-0.25, -0.2) is 0 Å². The lowest BCUT2D eigenvalue weighted by atomic mass is 10.1. The minimum absolute atomic E-state index is 0.144. The first kappa shape index (κ1) is 13.2. The van der Waals surface area contributed by atoms with Crippen LogP contribution in [0, 0.1) is 0 Å². The molecule has 2 rings (SSSR count). The van der Waals surface area contributed by atoms with Gasteiger partial charge in [-0.05, 0) is 12.1 Å². The molecule has 0 unspecified atom stereocenters. The van der Waals surface area contributed by atoms with E-state index in [1.54, 1.807) is 23.6 Å². The Labute approximate surface area is 113 Å². The molecular weight excluding hydrogens is 266 g/mol. The molecule has 1 heterocycles. The molecule has 19 heavy (non-hydrogen) atoms. The highest BCUT2D eigenvalue weighted by Crippen LogP contribution is 2.18. The lowest BCUT2D eigenvalue weighted by Gasteiger charge is -2.07. The molecule has 1 aromatic carbocycles. The third-order valence-corrected chi connectivity index (χ3v) is 3.16. The molecule has 0 saturated heterocycles. The molecule has 1 amide bonds. The van der Waals surface area contributed by atoms with Crippen molar-refractivity contribution in [2.75, 3.05) is 12.8 Å². The molecule has 0 radical (unpaired) electrons. The number of ether oxygens (including phenoxy) is 1. The van der Waals surface area contributed by atoms with Gasteiger partial charge in [-0.15, -0.1) is 0 Å². The lowest BCUT2D eigenvalue weighted by Crippen LogP contribution is -2.23. The van der Waals surface area contributed by atoms with Gasteiger partial charge < -0.3 is 20.8 Å². The molecule has 1 aromatic heterocycles. The van der Waals surface area contributed by atoms with E-state index in [4.69, 9.17) is 10.5 Å². The van der Waals surface area contributed by atoms with E-state index in [9.17, 15) is 9.59 Å². The van der Waals surface area contributed by atoms with E-state index >= 15 is 0 Å². The van der Waals surface area contributed by atoms with Crippen LogP contribution in [0.3, 0.4) is 0 Å². The van der Waals surface area contributed by atoms with E-state index in [0.29, 0.717) is 22.7 Å². The first-order valence-corrected chi connectivity index (χ1v) is 6.36. The van der Waals surface area contributed by atoms with E-state index in [-0.39, 0.29) is 17.3 Å². The van der Waals surface area contributed by atoms with Crippen LogP contribution in [0.1, 0.15) is 16.1 Å². The van der Waals surface area contributed by atoms with Crippen LogP contribution in [-0.4, -0.2) is 18.0 Å². The number of nitrogens with two attached hydrogens (primary N) is 1. The van der Waals surface area contributed by atoms with E-state index < -0.39 is 0 Å². The first-order chi connectivity index (χ1) is 9.08. The van der Waals surface area contributed by atoms with Crippen LogP contribution in [0.5, 0.6) is 5.75 Å². The monoisotopic (exact) mass is 279 g/mol. The average molecular weight is 279 g/mol. The standard InChI is InChI=1S/C12H13N3O3S/c1-18-10-3-7(2-8(13)4-10)11(16)14-5-9-6-19-12(17)15-9/h2-4,6H,5,13H2,1H3,(H,14,16)(H,15,17). The van der Waals surface area contributed by atoms with Gasteiger partial charge in [0.15, 0.2) is 0 Å². The maximum atomic E-state index is 11.9. The largest absolute Gasteiger partial charge is 0.497 e. The van der Waals surface area contributed by atoms with Crippen LogP contribution >= 0.6 is 11.3 Å². The molecule has 6 nitrogen and oxygen atoms in total. The predicted octanol–water partition coefficient (Wildman–Crippen LogP) is 0.957. The third kappa shape index (κ3) is 3.35. The molecule has 0 aliphatic heterocycles. The molecule has 0 fully saturated rings. The van der Waals surface area contributed by atoms with Crippen LogP contribution in [0.15, 0.2) is 28.4 Å². The van der Waals surface area contributed by atoms with Crippen molar-refractivity contribution in [3.8, 4) is 5.75 Å². The molecule has 2 aromatic rings. The quantitative estimate of drug-likeness (QED) is 0.726. The van der Waals surface area contributed by atoms with Gasteiger partial charge in [-0.2, -0.15) is 0 Å². The summed E-state index contributed by atoms with van der Waals surface area (Å²) in [6.45, 7) is 0.259. The van der Waals surface area contributed by atoms with Gasteiger partial charge in [0.1, 0.15) is 5.75 Å². The summed E-state index contributed by atoms with van der Waals surface area (Å²) in [6.07, 6.45) is 0. The molecule has 100 valence electrons. The Balaban J connectivity index is 2.07. The van der Waals surface area contributed by atoms with Crippen LogP contribution in [0.4, 0.5) is 5.69 Å². The molecule has 4 N–H and O–H groups in total. The maximum Gasteiger partial charge on any atom is 0.304 e. The van der Waals surface area contributed by atoms with E-state index in [1.807, 2.05) is 0 Å². The molecule has 7 heteroatoms. The Bertz CT molecular complexity index is 648. The smallest absolute Gasteiger partial charge is 0.304 e. The second-order valence-electron chi connectivity index (χ2n) is 3.85. The summed E-state index contributed by atoms with van der Waals surface area (Å²) in [5, 5.41) is 4.36. The van der Waals surface area contributed by atoms with Crippen molar-refractivity contribution in [1.82, 2.24) is 10.3 Å². The van der Waals surface area contributed by atoms with E-state index in [0.717, 1.165) is 11.3 Å². The first-order valence-electron chi connectivity index (χ1n) is 5.48. The van der Waals surface area contributed by atoms with Crippen molar-refractivity contribution >= 4 is 22.9 Å². The third-order valence-electron chi connectivity index (χ3n) is 2.44. The number of H-pyrrole nitrogens is 1. The highest BCUT2D eigenvalue weighted by Gasteiger charge is 2.08. The van der Waals surface area contributed by atoms with Crippen LogP contribution in [0.2, 0.25) is 0 Å². The van der Waals surface area contributed by atoms with Crippen molar-refractivity contribution in [3.63, 3.8) is 0 Å². The zero-order valence-electron chi connectivity index (χ0n) is 10.2. The number of anilines is 1. The number of nitrogen functional groups attached to an aromatic ring is 1. The summed E-state index contributed by atoms with van der Waals surface area (Å²) >= 11 is 1.06. The molecule has 0 atom stereocenters. The number of nitrogens with one attached hydrogen (secondary N) is 2. The highest BCUT2D eigenvalue weighted by atomic mass is 32.1. The number of hydrogen-bond donors (Lipinski definition) is 3. The number of carbonyl (C=O) groups excluding carboxylic acids is 1. The number of aromatic amines is 1. The SMILES string of the molecule is COc1cc(N)cc(C(=O)NCc2csc(=O)[nH]2)c1. The Morgan fingerprint density at radius 1 is 1.47 bits per heavy atom. The average Bonchev–Trinajstić information content (AvgIpc) is 2.81. The minimum Gasteiger partial charge on any atom is -0.497 e. The normalized spacial score (nSPS) is 10.2. The van der Waals surface area contributed by atoms with Crippen LogP contribution in [-0.2, 0) is 6.54 Å². The summed E-state index contributed by atoms with van der Waals surface area (Å²) in [5.41, 5.74) is 7.21. The fraction of sp³-hybridized carbons (Fsp3) is 0.167. The van der Waals surface area contributed by atoms with Crippen LogP contribution < -0.4 is 20.7 Å². The fourth-order valence-electron chi connectivity index (χ4n) is 1.55. The molecule has 0 spiro atoms. The zero-order chi connectivity index (χ0) is 13.8. The summed E-state index contributed by atoms with van der Waals surface area (Å²) in [6, 6.07) is 4.80. The second-order valence-corrected chi connectivity index (χ2v) is 4.69. The Morgan fingerprint density at radius 2 is 2.26 bits per heavy atom. The molecule has 0 aliphatic rings. The van der Waals surface area contributed by atoms with Crippen molar-refractivity contribution in [3.05, 3.63) is 44.5 Å². The predicted molar refractivity (Wildman–Crippen MR) is 73.5 cm³/mol.